The Morgan fingerprint density at radius 1 is 1.44 bits per heavy atom. The van der Waals surface area contributed by atoms with Crippen LogP contribution in [0.15, 0.2) is 41.0 Å². The molecule has 6 nitrogen and oxygen atoms in total. The largest absolute Gasteiger partial charge is 0.302 e. The summed E-state index contributed by atoms with van der Waals surface area (Å²) in [5, 5.41) is 13.7. The predicted molar refractivity (Wildman–Crippen MR) is 97.2 cm³/mol. The topological polar surface area (TPSA) is 72.7 Å². The number of anilines is 1. The first-order valence-corrected chi connectivity index (χ1v) is 9.40. The summed E-state index contributed by atoms with van der Waals surface area (Å²) in [6.07, 6.45) is 1.64. The van der Waals surface area contributed by atoms with Crippen LogP contribution in [0.1, 0.15) is 13.8 Å². The van der Waals surface area contributed by atoms with Gasteiger partial charge >= 0.3 is 0 Å². The highest BCUT2D eigenvalue weighted by Crippen LogP contribution is 2.27. The molecule has 9 heteroatoms. The number of benzene rings is 1. The van der Waals surface area contributed by atoms with Crippen LogP contribution in [0.2, 0.25) is 0 Å². The van der Waals surface area contributed by atoms with Gasteiger partial charge in [-0.2, -0.15) is 0 Å². The van der Waals surface area contributed by atoms with Crippen molar-refractivity contribution >= 4 is 34.1 Å². The fraction of sp³-hybridized carbons (Fsp3) is 0.250. The number of carbonyl (C=O) groups is 1. The van der Waals surface area contributed by atoms with E-state index >= 15 is 0 Å². The van der Waals surface area contributed by atoms with E-state index in [1.807, 2.05) is 11.5 Å². The van der Waals surface area contributed by atoms with Crippen molar-refractivity contribution in [2.24, 2.45) is 0 Å². The summed E-state index contributed by atoms with van der Waals surface area (Å²) < 4.78 is 15.3. The maximum Gasteiger partial charge on any atom is 0.239 e. The van der Waals surface area contributed by atoms with Gasteiger partial charge in [-0.25, -0.2) is 9.37 Å². The molecule has 1 amide bonds. The van der Waals surface area contributed by atoms with Gasteiger partial charge in [-0.15, -0.1) is 21.5 Å². The van der Waals surface area contributed by atoms with Crippen molar-refractivity contribution in [3.05, 3.63) is 41.7 Å². The standard InChI is InChI=1S/C16H16FN5OS2/c1-3-22-13(11-5-4-6-12(17)9-11)20-21-16(22)25-10(2)14(23)19-15-18-7-8-24-15/h4-10H,3H2,1-2H3,(H,18,19,23)/t10-/m0/s1. The van der Waals surface area contributed by atoms with Gasteiger partial charge in [0.05, 0.1) is 5.25 Å². The van der Waals surface area contributed by atoms with E-state index in [1.54, 1.807) is 30.6 Å². The fourth-order valence-corrected chi connectivity index (χ4v) is 3.65. The van der Waals surface area contributed by atoms with Gasteiger partial charge in [-0.05, 0) is 26.0 Å². The number of thiazole rings is 1. The second-order valence-electron chi connectivity index (χ2n) is 5.15. The molecule has 0 bridgehead atoms. The number of nitrogens with zero attached hydrogens (tertiary/aromatic N) is 4. The Morgan fingerprint density at radius 3 is 2.96 bits per heavy atom. The minimum absolute atomic E-state index is 0.155. The fourth-order valence-electron chi connectivity index (χ4n) is 2.21. The molecule has 0 fully saturated rings. The molecule has 1 atom stereocenters. The summed E-state index contributed by atoms with van der Waals surface area (Å²) in [4.78, 5) is 16.3. The molecular formula is C16H16FN5OS2. The smallest absolute Gasteiger partial charge is 0.239 e. The molecule has 3 aromatic rings. The lowest BCUT2D eigenvalue weighted by Gasteiger charge is -2.11. The Bertz CT molecular complexity index is 865. The normalized spacial score (nSPS) is 12.1. The van der Waals surface area contributed by atoms with Crippen molar-refractivity contribution in [1.82, 2.24) is 19.7 Å². The third kappa shape index (κ3) is 4.05. The van der Waals surface area contributed by atoms with Crippen molar-refractivity contribution in [2.45, 2.75) is 30.8 Å². The highest BCUT2D eigenvalue weighted by atomic mass is 32.2. The highest BCUT2D eigenvalue weighted by Gasteiger charge is 2.21. The average molecular weight is 377 g/mol. The summed E-state index contributed by atoms with van der Waals surface area (Å²) in [5.41, 5.74) is 0.654. The lowest BCUT2D eigenvalue weighted by Crippen LogP contribution is -2.22. The molecule has 2 heterocycles. The maximum atomic E-state index is 13.5. The maximum absolute atomic E-state index is 13.5. The molecular weight excluding hydrogens is 361 g/mol. The number of halogens is 1. The van der Waals surface area contributed by atoms with Crippen LogP contribution >= 0.6 is 23.1 Å². The summed E-state index contributed by atoms with van der Waals surface area (Å²) in [5.74, 6) is 0.100. The van der Waals surface area contributed by atoms with E-state index in [1.165, 1.54) is 35.2 Å². The van der Waals surface area contributed by atoms with Crippen LogP contribution in [-0.4, -0.2) is 30.9 Å². The molecule has 0 aliphatic carbocycles. The van der Waals surface area contributed by atoms with E-state index in [9.17, 15) is 9.18 Å². The monoisotopic (exact) mass is 377 g/mol. The number of thioether (sulfide) groups is 1. The van der Waals surface area contributed by atoms with Crippen molar-refractivity contribution in [2.75, 3.05) is 5.32 Å². The number of hydrogen-bond acceptors (Lipinski definition) is 6. The zero-order valence-electron chi connectivity index (χ0n) is 13.6. The molecule has 2 aromatic heterocycles. The number of carbonyl (C=O) groups excluding carboxylic acids is 1. The lowest BCUT2D eigenvalue weighted by molar-refractivity contribution is -0.115. The van der Waals surface area contributed by atoms with Crippen molar-refractivity contribution in [3.63, 3.8) is 0 Å². The molecule has 25 heavy (non-hydrogen) atoms. The summed E-state index contributed by atoms with van der Waals surface area (Å²) in [6, 6.07) is 6.22. The van der Waals surface area contributed by atoms with Crippen LogP contribution in [0.5, 0.6) is 0 Å². The third-order valence-electron chi connectivity index (χ3n) is 3.43. The SMILES string of the molecule is CCn1c(S[C@@H](C)C(=O)Nc2nccs2)nnc1-c1cccc(F)c1. The summed E-state index contributed by atoms with van der Waals surface area (Å²) >= 11 is 2.67. The lowest BCUT2D eigenvalue weighted by atomic mass is 10.2. The minimum atomic E-state index is -0.376. The van der Waals surface area contributed by atoms with E-state index < -0.39 is 0 Å². The molecule has 0 spiro atoms. The van der Waals surface area contributed by atoms with Crippen molar-refractivity contribution in [3.8, 4) is 11.4 Å². The molecule has 0 saturated heterocycles. The van der Waals surface area contributed by atoms with E-state index in [0.29, 0.717) is 28.2 Å². The first-order chi connectivity index (χ1) is 12.1. The van der Waals surface area contributed by atoms with E-state index in [4.69, 9.17) is 0 Å². The minimum Gasteiger partial charge on any atom is -0.302 e. The van der Waals surface area contributed by atoms with E-state index in [2.05, 4.69) is 20.5 Å². The molecule has 0 radical (unpaired) electrons. The van der Waals surface area contributed by atoms with Gasteiger partial charge < -0.3 is 9.88 Å². The van der Waals surface area contributed by atoms with Crippen LogP contribution in [0.25, 0.3) is 11.4 Å². The zero-order valence-corrected chi connectivity index (χ0v) is 15.3. The van der Waals surface area contributed by atoms with Gasteiger partial charge in [0.25, 0.3) is 0 Å². The van der Waals surface area contributed by atoms with Crippen molar-refractivity contribution in [1.29, 1.82) is 0 Å². The number of rotatable bonds is 6. The Kier molecular flexibility index (Phi) is 5.44. The molecule has 0 saturated carbocycles. The van der Waals surface area contributed by atoms with Crippen molar-refractivity contribution < 1.29 is 9.18 Å². The molecule has 0 unspecified atom stereocenters. The number of nitrogens with one attached hydrogen (secondary N) is 1. The predicted octanol–water partition coefficient (Wildman–Crippen LogP) is 3.68. The summed E-state index contributed by atoms with van der Waals surface area (Å²) in [6.45, 7) is 4.36. The van der Waals surface area contributed by atoms with Gasteiger partial charge in [0, 0.05) is 23.7 Å². The molecule has 1 aromatic carbocycles. The zero-order chi connectivity index (χ0) is 17.8. The molecule has 130 valence electrons. The second kappa shape index (κ2) is 7.75. The molecule has 1 N–H and O–H groups in total. The van der Waals surface area contributed by atoms with Crippen LogP contribution in [0.4, 0.5) is 9.52 Å². The average Bonchev–Trinajstić information content (AvgIpc) is 3.24. The Labute approximate surface area is 152 Å². The number of hydrogen-bond donors (Lipinski definition) is 1. The Balaban J connectivity index is 1.77. The molecule has 0 aliphatic heterocycles. The Hall–Kier alpha value is -2.26. The molecule has 3 rings (SSSR count). The first kappa shape index (κ1) is 17.6. The van der Waals surface area contributed by atoms with Gasteiger partial charge in [0.2, 0.25) is 5.91 Å². The Morgan fingerprint density at radius 2 is 2.28 bits per heavy atom. The first-order valence-electron chi connectivity index (χ1n) is 7.64. The van der Waals surface area contributed by atoms with Gasteiger partial charge in [-0.3, -0.25) is 4.79 Å². The van der Waals surface area contributed by atoms with Crippen LogP contribution in [0, 0.1) is 5.82 Å². The third-order valence-corrected chi connectivity index (χ3v) is 5.20. The van der Waals surface area contributed by atoms with Gasteiger partial charge in [0.15, 0.2) is 16.1 Å². The van der Waals surface area contributed by atoms with E-state index in [-0.39, 0.29) is 17.0 Å². The summed E-state index contributed by atoms with van der Waals surface area (Å²) in [7, 11) is 0. The number of aromatic nitrogens is 4. The molecule has 0 aliphatic rings. The second-order valence-corrected chi connectivity index (χ2v) is 7.35. The number of amides is 1. The van der Waals surface area contributed by atoms with Gasteiger partial charge in [0.1, 0.15) is 5.82 Å². The quantitative estimate of drug-likeness (QED) is 0.664. The van der Waals surface area contributed by atoms with Crippen LogP contribution < -0.4 is 5.32 Å². The van der Waals surface area contributed by atoms with E-state index in [0.717, 1.165) is 0 Å². The highest BCUT2D eigenvalue weighted by molar-refractivity contribution is 8.00. The van der Waals surface area contributed by atoms with Crippen LogP contribution in [0.3, 0.4) is 0 Å². The van der Waals surface area contributed by atoms with Crippen LogP contribution in [-0.2, 0) is 11.3 Å². The van der Waals surface area contributed by atoms with Gasteiger partial charge in [-0.1, -0.05) is 23.9 Å².